The minimum absolute atomic E-state index is 0.286. The molecule has 0 heterocycles. The molecule has 0 radical (unpaired) electrons. The third-order valence-electron chi connectivity index (χ3n) is 2.32. The minimum atomic E-state index is -0.303. The zero-order chi connectivity index (χ0) is 10.8. The molecule has 0 saturated carbocycles. The van der Waals surface area contributed by atoms with Crippen molar-refractivity contribution >= 4 is 32.6 Å². The number of amides is 1. The molecule has 0 unspecified atom stereocenters. The van der Waals surface area contributed by atoms with Gasteiger partial charge in [-0.2, -0.15) is 0 Å². The van der Waals surface area contributed by atoms with Crippen LogP contribution in [0.15, 0.2) is 40.9 Å². The van der Waals surface area contributed by atoms with E-state index in [-0.39, 0.29) is 12.3 Å². The summed E-state index contributed by atoms with van der Waals surface area (Å²) in [6.45, 7) is 0. The van der Waals surface area contributed by atoms with Gasteiger partial charge < -0.3 is 5.73 Å². The molecular weight excluding hydrogens is 254 g/mol. The van der Waals surface area contributed by atoms with Gasteiger partial charge in [0, 0.05) is 4.47 Å². The van der Waals surface area contributed by atoms with E-state index in [4.69, 9.17) is 5.73 Å². The zero-order valence-corrected chi connectivity index (χ0v) is 9.62. The van der Waals surface area contributed by atoms with Crippen molar-refractivity contribution in [2.45, 2.75) is 6.42 Å². The third-order valence-corrected chi connectivity index (χ3v) is 3.02. The highest BCUT2D eigenvalue weighted by atomic mass is 79.9. The molecule has 15 heavy (non-hydrogen) atoms. The summed E-state index contributed by atoms with van der Waals surface area (Å²) in [4.78, 5) is 10.9. The molecule has 2 nitrogen and oxygen atoms in total. The Morgan fingerprint density at radius 3 is 2.53 bits per heavy atom. The fourth-order valence-electron chi connectivity index (χ4n) is 1.68. The SMILES string of the molecule is NC(=O)Cc1cccc2c(Br)cccc12. The topological polar surface area (TPSA) is 43.1 Å². The van der Waals surface area contributed by atoms with Gasteiger partial charge in [0.15, 0.2) is 0 Å². The Hall–Kier alpha value is -1.35. The number of halogens is 1. The molecule has 0 bridgehead atoms. The van der Waals surface area contributed by atoms with Crippen molar-refractivity contribution in [2.75, 3.05) is 0 Å². The number of hydrogen-bond acceptors (Lipinski definition) is 1. The molecule has 0 atom stereocenters. The molecule has 0 aliphatic carbocycles. The van der Waals surface area contributed by atoms with Crippen molar-refractivity contribution in [3.05, 3.63) is 46.4 Å². The van der Waals surface area contributed by atoms with E-state index >= 15 is 0 Å². The van der Waals surface area contributed by atoms with E-state index in [1.54, 1.807) is 0 Å². The summed E-state index contributed by atoms with van der Waals surface area (Å²) < 4.78 is 1.03. The Labute approximate surface area is 96.2 Å². The van der Waals surface area contributed by atoms with E-state index < -0.39 is 0 Å². The maximum absolute atomic E-state index is 10.9. The van der Waals surface area contributed by atoms with Crippen LogP contribution in [0.5, 0.6) is 0 Å². The summed E-state index contributed by atoms with van der Waals surface area (Å²) in [5.41, 5.74) is 6.18. The number of rotatable bonds is 2. The maximum Gasteiger partial charge on any atom is 0.221 e. The average Bonchev–Trinajstić information content (AvgIpc) is 2.19. The first-order chi connectivity index (χ1) is 7.18. The predicted octanol–water partition coefficient (Wildman–Crippen LogP) is 2.63. The molecule has 0 spiro atoms. The van der Waals surface area contributed by atoms with Crippen LogP contribution in [0.3, 0.4) is 0 Å². The number of carbonyl (C=O) groups excluding carboxylic acids is 1. The van der Waals surface area contributed by atoms with Gasteiger partial charge in [0.25, 0.3) is 0 Å². The maximum atomic E-state index is 10.9. The Morgan fingerprint density at radius 1 is 1.13 bits per heavy atom. The van der Waals surface area contributed by atoms with E-state index in [0.29, 0.717) is 0 Å². The minimum Gasteiger partial charge on any atom is -0.369 e. The molecule has 3 heteroatoms. The van der Waals surface area contributed by atoms with Crippen molar-refractivity contribution in [3.63, 3.8) is 0 Å². The number of fused-ring (bicyclic) bond motifs is 1. The molecule has 2 rings (SSSR count). The molecule has 0 aliphatic heterocycles. The molecular formula is C12H10BrNO. The molecule has 1 amide bonds. The van der Waals surface area contributed by atoms with Crippen molar-refractivity contribution in [1.29, 1.82) is 0 Å². The van der Waals surface area contributed by atoms with Crippen LogP contribution in [0.25, 0.3) is 10.8 Å². The number of hydrogen-bond donors (Lipinski definition) is 1. The lowest BCUT2D eigenvalue weighted by molar-refractivity contribution is -0.117. The van der Waals surface area contributed by atoms with Crippen LogP contribution in [0.2, 0.25) is 0 Å². The predicted molar refractivity (Wildman–Crippen MR) is 64.5 cm³/mol. The van der Waals surface area contributed by atoms with E-state index in [1.807, 2.05) is 36.4 Å². The molecule has 0 aromatic heterocycles. The molecule has 76 valence electrons. The molecule has 0 saturated heterocycles. The summed E-state index contributed by atoms with van der Waals surface area (Å²) in [6, 6.07) is 11.8. The van der Waals surface area contributed by atoms with Crippen LogP contribution >= 0.6 is 15.9 Å². The van der Waals surface area contributed by atoms with Crippen LogP contribution in [-0.4, -0.2) is 5.91 Å². The summed E-state index contributed by atoms with van der Waals surface area (Å²) in [5.74, 6) is -0.303. The summed E-state index contributed by atoms with van der Waals surface area (Å²) in [7, 11) is 0. The normalized spacial score (nSPS) is 10.5. The zero-order valence-electron chi connectivity index (χ0n) is 8.03. The van der Waals surface area contributed by atoms with Crippen LogP contribution in [0, 0.1) is 0 Å². The Bertz CT molecular complexity index is 522. The Kier molecular flexibility index (Phi) is 2.73. The summed E-state index contributed by atoms with van der Waals surface area (Å²) >= 11 is 3.48. The first-order valence-corrected chi connectivity index (χ1v) is 5.42. The second-order valence-corrected chi connectivity index (χ2v) is 4.25. The summed E-state index contributed by atoms with van der Waals surface area (Å²) in [5, 5.41) is 2.18. The van der Waals surface area contributed by atoms with Crippen molar-refractivity contribution in [3.8, 4) is 0 Å². The van der Waals surface area contributed by atoms with Gasteiger partial charge in [-0.3, -0.25) is 4.79 Å². The van der Waals surface area contributed by atoms with E-state index in [1.165, 1.54) is 0 Å². The third kappa shape index (κ3) is 2.02. The van der Waals surface area contributed by atoms with E-state index in [0.717, 1.165) is 20.8 Å². The molecule has 2 aromatic carbocycles. The van der Waals surface area contributed by atoms with Crippen molar-refractivity contribution < 1.29 is 4.79 Å². The van der Waals surface area contributed by atoms with Crippen molar-refractivity contribution in [2.24, 2.45) is 5.73 Å². The fourth-order valence-corrected chi connectivity index (χ4v) is 2.18. The number of nitrogens with two attached hydrogens (primary N) is 1. The molecule has 2 aromatic rings. The lowest BCUT2D eigenvalue weighted by Crippen LogP contribution is -2.13. The van der Waals surface area contributed by atoms with Gasteiger partial charge >= 0.3 is 0 Å². The van der Waals surface area contributed by atoms with Gasteiger partial charge in [-0.15, -0.1) is 0 Å². The number of carbonyl (C=O) groups is 1. The standard InChI is InChI=1S/C12H10BrNO/c13-11-6-2-4-9-8(7-12(14)15)3-1-5-10(9)11/h1-6H,7H2,(H2,14,15). The first kappa shape index (κ1) is 10.2. The quantitative estimate of drug-likeness (QED) is 0.890. The van der Waals surface area contributed by atoms with Gasteiger partial charge in [0.1, 0.15) is 0 Å². The molecule has 0 aliphatic rings. The van der Waals surface area contributed by atoms with Gasteiger partial charge in [-0.1, -0.05) is 46.3 Å². The van der Waals surface area contributed by atoms with E-state index in [9.17, 15) is 4.79 Å². The largest absolute Gasteiger partial charge is 0.369 e. The van der Waals surface area contributed by atoms with Gasteiger partial charge in [0.05, 0.1) is 6.42 Å². The lowest BCUT2D eigenvalue weighted by atomic mass is 10.0. The van der Waals surface area contributed by atoms with Gasteiger partial charge in [-0.25, -0.2) is 0 Å². The highest BCUT2D eigenvalue weighted by Crippen LogP contribution is 2.26. The first-order valence-electron chi connectivity index (χ1n) is 4.63. The highest BCUT2D eigenvalue weighted by molar-refractivity contribution is 9.10. The average molecular weight is 264 g/mol. The van der Waals surface area contributed by atoms with Gasteiger partial charge in [0.2, 0.25) is 5.91 Å². The van der Waals surface area contributed by atoms with Crippen molar-refractivity contribution in [1.82, 2.24) is 0 Å². The smallest absolute Gasteiger partial charge is 0.221 e. The van der Waals surface area contributed by atoms with Gasteiger partial charge in [-0.05, 0) is 22.4 Å². The van der Waals surface area contributed by atoms with E-state index in [2.05, 4.69) is 15.9 Å². The van der Waals surface area contributed by atoms with Crippen LogP contribution < -0.4 is 5.73 Å². The second kappa shape index (κ2) is 4.03. The lowest BCUT2D eigenvalue weighted by Gasteiger charge is -2.05. The second-order valence-electron chi connectivity index (χ2n) is 3.40. The number of benzene rings is 2. The molecule has 2 N–H and O–H groups in total. The monoisotopic (exact) mass is 263 g/mol. The Balaban J connectivity index is 2.65. The van der Waals surface area contributed by atoms with Crippen LogP contribution in [0.1, 0.15) is 5.56 Å². The highest BCUT2D eigenvalue weighted by Gasteiger charge is 2.05. The Morgan fingerprint density at radius 2 is 1.80 bits per heavy atom. The molecule has 0 fully saturated rings. The summed E-state index contributed by atoms with van der Waals surface area (Å²) in [6.07, 6.45) is 0.286. The van der Waals surface area contributed by atoms with Crippen LogP contribution in [0.4, 0.5) is 0 Å². The number of primary amides is 1. The fraction of sp³-hybridized carbons (Fsp3) is 0.0833. The van der Waals surface area contributed by atoms with Crippen LogP contribution in [-0.2, 0) is 11.2 Å².